The highest BCUT2D eigenvalue weighted by Gasteiger charge is 2.61. The molecular formula is C20H27NO. The van der Waals surface area contributed by atoms with E-state index >= 15 is 0 Å². The molecule has 2 fully saturated rings. The molecule has 118 valence electrons. The first kappa shape index (κ1) is 15.3. The summed E-state index contributed by atoms with van der Waals surface area (Å²) < 4.78 is 0. The zero-order valence-corrected chi connectivity index (χ0v) is 14.3. The molecule has 0 saturated heterocycles. The van der Waals surface area contributed by atoms with Crippen molar-refractivity contribution in [1.82, 2.24) is 0 Å². The van der Waals surface area contributed by atoms with Crippen LogP contribution in [0.15, 0.2) is 36.4 Å². The minimum atomic E-state index is -0.325. The van der Waals surface area contributed by atoms with Gasteiger partial charge >= 0.3 is 0 Å². The average Bonchev–Trinajstić information content (AvgIpc) is 3.00. The van der Waals surface area contributed by atoms with Crippen molar-refractivity contribution >= 4 is 11.6 Å². The molecule has 2 aliphatic rings. The van der Waals surface area contributed by atoms with Gasteiger partial charge in [0.25, 0.3) is 0 Å². The minimum Gasteiger partial charge on any atom is -0.312 e. The molecule has 0 heterocycles. The van der Waals surface area contributed by atoms with E-state index in [1.807, 2.05) is 17.0 Å². The van der Waals surface area contributed by atoms with E-state index in [0.29, 0.717) is 12.5 Å². The molecule has 1 amide bonds. The average molecular weight is 297 g/mol. The summed E-state index contributed by atoms with van der Waals surface area (Å²) in [5.74, 6) is 0.874. The van der Waals surface area contributed by atoms with Gasteiger partial charge in [-0.1, -0.05) is 38.1 Å². The fourth-order valence-electron chi connectivity index (χ4n) is 4.62. The van der Waals surface area contributed by atoms with Crippen LogP contribution in [0.2, 0.25) is 0 Å². The van der Waals surface area contributed by atoms with Crippen molar-refractivity contribution in [2.24, 2.45) is 16.7 Å². The van der Waals surface area contributed by atoms with Gasteiger partial charge in [0, 0.05) is 12.2 Å². The number of carbonyl (C=O) groups excluding carboxylic acids is 1. The van der Waals surface area contributed by atoms with Crippen LogP contribution in [0, 0.1) is 23.7 Å². The summed E-state index contributed by atoms with van der Waals surface area (Å²) in [5, 5.41) is 0. The van der Waals surface area contributed by atoms with Crippen molar-refractivity contribution in [1.29, 1.82) is 0 Å². The Kier molecular flexibility index (Phi) is 3.47. The summed E-state index contributed by atoms with van der Waals surface area (Å²) in [5.41, 5.74) is 3.14. The van der Waals surface area contributed by atoms with Crippen molar-refractivity contribution in [3.8, 4) is 0 Å². The van der Waals surface area contributed by atoms with E-state index in [-0.39, 0.29) is 16.7 Å². The third-order valence-electron chi connectivity index (χ3n) is 6.17. The van der Waals surface area contributed by atoms with Crippen LogP contribution in [0.25, 0.3) is 0 Å². The molecule has 1 aromatic carbocycles. The maximum Gasteiger partial charge on any atom is 0.237 e. The molecule has 3 rings (SSSR count). The van der Waals surface area contributed by atoms with Gasteiger partial charge in [0.1, 0.15) is 0 Å². The van der Waals surface area contributed by atoms with Crippen LogP contribution >= 0.6 is 0 Å². The lowest BCUT2D eigenvalue weighted by Gasteiger charge is -2.39. The number of rotatable bonds is 3. The molecule has 2 aliphatic carbocycles. The highest BCUT2D eigenvalue weighted by atomic mass is 16.2. The maximum atomic E-state index is 13.4. The topological polar surface area (TPSA) is 20.3 Å². The number of fused-ring (bicyclic) bond motifs is 2. The standard InChI is InChI=1S/C20H27NO/c1-6-21(17-9-7-8-14(2)12-17)18(22)20-11-10-16(13-20)19(4,5)15(20)3/h7-9,12,16H,3,6,10-11,13H2,1-2,4-5H3. The van der Waals surface area contributed by atoms with E-state index in [0.717, 1.165) is 30.5 Å². The van der Waals surface area contributed by atoms with E-state index in [2.05, 4.69) is 46.4 Å². The molecule has 0 radical (unpaired) electrons. The quantitative estimate of drug-likeness (QED) is 0.739. The number of hydrogen-bond donors (Lipinski definition) is 0. The second-order valence-corrected chi connectivity index (χ2v) is 7.61. The molecule has 2 bridgehead atoms. The Morgan fingerprint density at radius 2 is 2.14 bits per heavy atom. The second kappa shape index (κ2) is 4.97. The molecule has 2 nitrogen and oxygen atoms in total. The summed E-state index contributed by atoms with van der Waals surface area (Å²) in [6.07, 6.45) is 3.12. The van der Waals surface area contributed by atoms with E-state index < -0.39 is 0 Å². The Balaban J connectivity index is 1.98. The van der Waals surface area contributed by atoms with Crippen molar-refractivity contribution in [3.63, 3.8) is 0 Å². The number of nitrogens with zero attached hydrogens (tertiary/aromatic N) is 1. The normalized spacial score (nSPS) is 28.9. The molecule has 0 spiro atoms. The lowest BCUT2D eigenvalue weighted by atomic mass is 9.68. The Labute approximate surface area is 134 Å². The lowest BCUT2D eigenvalue weighted by molar-refractivity contribution is -0.126. The van der Waals surface area contributed by atoms with Crippen molar-refractivity contribution < 1.29 is 4.79 Å². The zero-order valence-electron chi connectivity index (χ0n) is 14.3. The third-order valence-corrected chi connectivity index (χ3v) is 6.17. The van der Waals surface area contributed by atoms with Gasteiger partial charge in [-0.3, -0.25) is 4.79 Å². The number of anilines is 1. The molecule has 2 atom stereocenters. The van der Waals surface area contributed by atoms with Gasteiger partial charge in [-0.15, -0.1) is 0 Å². The zero-order chi connectivity index (χ0) is 16.1. The molecular weight excluding hydrogens is 270 g/mol. The molecule has 2 unspecified atom stereocenters. The summed E-state index contributed by atoms with van der Waals surface area (Å²) in [4.78, 5) is 15.4. The molecule has 0 aromatic heterocycles. The predicted octanol–water partition coefficient (Wildman–Crippen LogP) is 4.73. The van der Waals surface area contributed by atoms with Gasteiger partial charge in [-0.05, 0) is 62.1 Å². The number of carbonyl (C=O) groups is 1. The van der Waals surface area contributed by atoms with Crippen molar-refractivity contribution in [3.05, 3.63) is 42.0 Å². The Morgan fingerprint density at radius 1 is 1.41 bits per heavy atom. The largest absolute Gasteiger partial charge is 0.312 e. The Hall–Kier alpha value is -1.57. The predicted molar refractivity (Wildman–Crippen MR) is 91.9 cm³/mol. The Morgan fingerprint density at radius 3 is 2.68 bits per heavy atom. The molecule has 1 aromatic rings. The first-order valence-electron chi connectivity index (χ1n) is 8.41. The van der Waals surface area contributed by atoms with Gasteiger partial charge in [0.2, 0.25) is 5.91 Å². The van der Waals surface area contributed by atoms with Crippen LogP contribution in [0.4, 0.5) is 5.69 Å². The summed E-state index contributed by atoms with van der Waals surface area (Å²) in [7, 11) is 0. The van der Waals surface area contributed by atoms with Crippen molar-refractivity contribution in [2.45, 2.75) is 47.0 Å². The third kappa shape index (κ3) is 1.96. The summed E-state index contributed by atoms with van der Waals surface area (Å²) in [6.45, 7) is 13.7. The summed E-state index contributed by atoms with van der Waals surface area (Å²) in [6, 6.07) is 8.25. The highest BCUT2D eigenvalue weighted by Crippen LogP contribution is 2.66. The van der Waals surface area contributed by atoms with Crippen LogP contribution in [0.3, 0.4) is 0 Å². The van der Waals surface area contributed by atoms with Crippen LogP contribution in [0.1, 0.15) is 45.6 Å². The van der Waals surface area contributed by atoms with Crippen LogP contribution in [0.5, 0.6) is 0 Å². The van der Waals surface area contributed by atoms with E-state index in [9.17, 15) is 4.79 Å². The van der Waals surface area contributed by atoms with Crippen molar-refractivity contribution in [2.75, 3.05) is 11.4 Å². The monoisotopic (exact) mass is 297 g/mol. The van der Waals surface area contributed by atoms with E-state index in [4.69, 9.17) is 0 Å². The maximum absolute atomic E-state index is 13.4. The first-order valence-corrected chi connectivity index (χ1v) is 8.41. The minimum absolute atomic E-state index is 0.0971. The summed E-state index contributed by atoms with van der Waals surface area (Å²) >= 11 is 0. The number of amides is 1. The molecule has 0 N–H and O–H groups in total. The molecule has 2 heteroatoms. The van der Waals surface area contributed by atoms with Gasteiger partial charge < -0.3 is 4.90 Å². The van der Waals surface area contributed by atoms with E-state index in [1.165, 1.54) is 5.56 Å². The smallest absolute Gasteiger partial charge is 0.237 e. The molecule has 0 aliphatic heterocycles. The van der Waals surface area contributed by atoms with Crippen LogP contribution in [-0.4, -0.2) is 12.5 Å². The molecule has 22 heavy (non-hydrogen) atoms. The Bertz CT molecular complexity index is 630. The van der Waals surface area contributed by atoms with Gasteiger partial charge in [-0.25, -0.2) is 0 Å². The van der Waals surface area contributed by atoms with Crippen LogP contribution < -0.4 is 4.90 Å². The van der Waals surface area contributed by atoms with E-state index in [1.54, 1.807) is 0 Å². The molecule has 2 saturated carbocycles. The van der Waals surface area contributed by atoms with Gasteiger partial charge in [0.15, 0.2) is 0 Å². The number of hydrogen-bond acceptors (Lipinski definition) is 1. The fourth-order valence-corrected chi connectivity index (χ4v) is 4.62. The second-order valence-electron chi connectivity index (χ2n) is 7.61. The van der Waals surface area contributed by atoms with Gasteiger partial charge in [-0.2, -0.15) is 0 Å². The lowest BCUT2D eigenvalue weighted by Crippen LogP contribution is -2.44. The number of aryl methyl sites for hydroxylation is 1. The van der Waals surface area contributed by atoms with Crippen LogP contribution in [-0.2, 0) is 4.79 Å². The SMILES string of the molecule is C=C1C2(C(=O)N(CC)c3cccc(C)c3)CCC(C2)C1(C)C. The highest BCUT2D eigenvalue weighted by molar-refractivity contribution is 6.00. The van der Waals surface area contributed by atoms with Gasteiger partial charge in [0.05, 0.1) is 5.41 Å². The first-order chi connectivity index (χ1) is 10.3. The fraction of sp³-hybridized carbons (Fsp3) is 0.550. The number of benzene rings is 1.